The van der Waals surface area contributed by atoms with Gasteiger partial charge in [-0.2, -0.15) is 4.31 Å². The third-order valence-corrected chi connectivity index (χ3v) is 5.19. The van der Waals surface area contributed by atoms with E-state index in [0.29, 0.717) is 19.6 Å². The lowest BCUT2D eigenvalue weighted by atomic mass is 10.3. The number of hydrogen-bond acceptors (Lipinski definition) is 3. The van der Waals surface area contributed by atoms with Crippen LogP contribution in [0.5, 0.6) is 0 Å². The second-order valence-electron chi connectivity index (χ2n) is 4.29. The van der Waals surface area contributed by atoms with Gasteiger partial charge in [0.05, 0.1) is 5.02 Å². The molecule has 0 aromatic heterocycles. The zero-order valence-electron chi connectivity index (χ0n) is 9.86. The predicted molar refractivity (Wildman–Crippen MR) is 67.6 cm³/mol. The van der Waals surface area contributed by atoms with Gasteiger partial charge in [-0.1, -0.05) is 11.6 Å². The lowest BCUT2D eigenvalue weighted by Gasteiger charge is -2.31. The van der Waals surface area contributed by atoms with Gasteiger partial charge >= 0.3 is 0 Å². The number of rotatable bonds is 2. The van der Waals surface area contributed by atoms with Crippen LogP contribution < -0.4 is 5.32 Å². The van der Waals surface area contributed by atoms with Gasteiger partial charge in [-0.25, -0.2) is 12.8 Å². The first-order valence-electron chi connectivity index (χ1n) is 5.60. The maximum absolute atomic E-state index is 13.2. The Morgan fingerprint density at radius 3 is 2.89 bits per heavy atom. The lowest BCUT2D eigenvalue weighted by molar-refractivity contribution is 0.310. The third-order valence-electron chi connectivity index (χ3n) is 2.84. The Bertz CT molecular complexity index is 550. The van der Waals surface area contributed by atoms with Crippen LogP contribution in [0.4, 0.5) is 4.39 Å². The lowest BCUT2D eigenvalue weighted by Crippen LogP contribution is -2.51. The van der Waals surface area contributed by atoms with E-state index in [1.54, 1.807) is 0 Å². The first kappa shape index (κ1) is 13.7. The van der Waals surface area contributed by atoms with Gasteiger partial charge in [0.1, 0.15) is 10.7 Å². The molecule has 1 unspecified atom stereocenters. The minimum absolute atomic E-state index is 0.0441. The van der Waals surface area contributed by atoms with E-state index in [-0.39, 0.29) is 16.0 Å². The molecule has 0 spiro atoms. The Hall–Kier alpha value is -0.690. The van der Waals surface area contributed by atoms with Crippen molar-refractivity contribution >= 4 is 21.6 Å². The zero-order valence-corrected chi connectivity index (χ0v) is 11.4. The van der Waals surface area contributed by atoms with Gasteiger partial charge in [0.15, 0.2) is 0 Å². The molecule has 1 fully saturated rings. The molecule has 4 nitrogen and oxygen atoms in total. The van der Waals surface area contributed by atoms with Crippen LogP contribution in [0.3, 0.4) is 0 Å². The van der Waals surface area contributed by atoms with Crippen molar-refractivity contribution in [2.24, 2.45) is 0 Å². The fourth-order valence-corrected chi connectivity index (χ4v) is 3.94. The predicted octanol–water partition coefficient (Wildman–Crippen LogP) is 1.46. The molecular weight excluding hydrogens is 279 g/mol. The van der Waals surface area contributed by atoms with E-state index in [0.717, 1.165) is 12.1 Å². The van der Waals surface area contributed by atoms with Crippen molar-refractivity contribution in [2.45, 2.75) is 17.9 Å². The van der Waals surface area contributed by atoms with Crippen molar-refractivity contribution in [3.8, 4) is 0 Å². The normalized spacial score (nSPS) is 22.1. The summed E-state index contributed by atoms with van der Waals surface area (Å²) in [5.41, 5.74) is 0. The average Bonchev–Trinajstić information content (AvgIpc) is 2.32. The molecule has 100 valence electrons. The second-order valence-corrected chi connectivity index (χ2v) is 6.61. The van der Waals surface area contributed by atoms with Crippen molar-refractivity contribution in [1.29, 1.82) is 0 Å². The molecule has 1 aromatic rings. The van der Waals surface area contributed by atoms with Crippen molar-refractivity contribution < 1.29 is 12.8 Å². The van der Waals surface area contributed by atoms with Gasteiger partial charge in [0.25, 0.3) is 0 Å². The van der Waals surface area contributed by atoms with E-state index < -0.39 is 15.8 Å². The summed E-state index contributed by atoms with van der Waals surface area (Å²) in [6, 6.07) is 3.43. The Morgan fingerprint density at radius 2 is 2.22 bits per heavy atom. The van der Waals surface area contributed by atoms with Crippen molar-refractivity contribution in [3.05, 3.63) is 29.0 Å². The van der Waals surface area contributed by atoms with E-state index in [4.69, 9.17) is 11.6 Å². The molecule has 2 rings (SSSR count). The standard InChI is InChI=1S/C11H14ClFN2O2S/c1-8-7-15(5-4-14-8)18(16,17)11-6-9(13)2-3-10(11)12/h2-3,6,8,14H,4-5,7H2,1H3. The zero-order chi connectivity index (χ0) is 13.3. The van der Waals surface area contributed by atoms with E-state index >= 15 is 0 Å². The summed E-state index contributed by atoms with van der Waals surface area (Å²) in [4.78, 5) is -0.168. The highest BCUT2D eigenvalue weighted by molar-refractivity contribution is 7.89. The number of nitrogens with one attached hydrogen (secondary N) is 1. The van der Waals surface area contributed by atoms with Gasteiger partial charge in [-0.05, 0) is 25.1 Å². The minimum atomic E-state index is -3.73. The fraction of sp³-hybridized carbons (Fsp3) is 0.455. The first-order chi connectivity index (χ1) is 8.41. The average molecular weight is 293 g/mol. The Labute approximate surface area is 111 Å². The summed E-state index contributed by atoms with van der Waals surface area (Å²) >= 11 is 5.85. The van der Waals surface area contributed by atoms with E-state index in [2.05, 4.69) is 5.32 Å². The Morgan fingerprint density at radius 1 is 1.50 bits per heavy atom. The molecule has 1 aliphatic rings. The van der Waals surface area contributed by atoms with Gasteiger partial charge < -0.3 is 5.32 Å². The highest BCUT2D eigenvalue weighted by Gasteiger charge is 2.30. The van der Waals surface area contributed by atoms with Crippen LogP contribution in [0.1, 0.15) is 6.92 Å². The molecule has 0 amide bonds. The Balaban J connectivity index is 2.38. The summed E-state index contributed by atoms with van der Waals surface area (Å²) in [5.74, 6) is -0.610. The topological polar surface area (TPSA) is 49.4 Å². The summed E-state index contributed by atoms with van der Waals surface area (Å²) in [7, 11) is -3.73. The van der Waals surface area contributed by atoms with Crippen LogP contribution in [0.25, 0.3) is 0 Å². The Kier molecular flexibility index (Phi) is 3.91. The molecule has 1 atom stereocenters. The van der Waals surface area contributed by atoms with Crippen LogP contribution >= 0.6 is 11.6 Å². The third kappa shape index (κ3) is 2.66. The molecule has 1 heterocycles. The number of sulfonamides is 1. The van der Waals surface area contributed by atoms with Crippen molar-refractivity contribution in [3.63, 3.8) is 0 Å². The van der Waals surface area contributed by atoms with Crippen LogP contribution in [0.2, 0.25) is 5.02 Å². The molecule has 1 N–H and O–H groups in total. The van der Waals surface area contributed by atoms with Gasteiger partial charge in [-0.3, -0.25) is 0 Å². The molecule has 1 aliphatic heterocycles. The smallest absolute Gasteiger partial charge is 0.244 e. The van der Waals surface area contributed by atoms with Gasteiger partial charge in [0, 0.05) is 25.7 Å². The van der Waals surface area contributed by atoms with Crippen LogP contribution in [0.15, 0.2) is 23.1 Å². The van der Waals surface area contributed by atoms with E-state index in [1.165, 1.54) is 10.4 Å². The maximum Gasteiger partial charge on any atom is 0.244 e. The van der Waals surface area contributed by atoms with Crippen LogP contribution in [-0.4, -0.2) is 38.4 Å². The van der Waals surface area contributed by atoms with E-state index in [1.807, 2.05) is 6.92 Å². The van der Waals surface area contributed by atoms with Crippen molar-refractivity contribution in [2.75, 3.05) is 19.6 Å². The van der Waals surface area contributed by atoms with Crippen LogP contribution in [0, 0.1) is 5.82 Å². The SMILES string of the molecule is CC1CN(S(=O)(=O)c2cc(F)ccc2Cl)CCN1. The fourth-order valence-electron chi connectivity index (χ4n) is 1.93. The summed E-state index contributed by atoms with van der Waals surface area (Å²) in [6.45, 7) is 3.19. The number of nitrogens with zero attached hydrogens (tertiary/aromatic N) is 1. The molecule has 1 saturated heterocycles. The second kappa shape index (κ2) is 5.13. The largest absolute Gasteiger partial charge is 0.312 e. The number of benzene rings is 1. The quantitative estimate of drug-likeness (QED) is 0.898. The monoisotopic (exact) mass is 292 g/mol. The highest BCUT2D eigenvalue weighted by Crippen LogP contribution is 2.26. The van der Waals surface area contributed by atoms with Gasteiger partial charge in [0.2, 0.25) is 10.0 Å². The maximum atomic E-state index is 13.2. The van der Waals surface area contributed by atoms with E-state index in [9.17, 15) is 12.8 Å². The molecule has 0 aliphatic carbocycles. The molecule has 0 bridgehead atoms. The molecule has 7 heteroatoms. The van der Waals surface area contributed by atoms with Gasteiger partial charge in [-0.15, -0.1) is 0 Å². The number of hydrogen-bond donors (Lipinski definition) is 1. The first-order valence-corrected chi connectivity index (χ1v) is 7.41. The number of piperazine rings is 1. The highest BCUT2D eigenvalue weighted by atomic mass is 35.5. The summed E-state index contributed by atoms with van der Waals surface area (Å²) in [5, 5.41) is 3.19. The summed E-state index contributed by atoms with van der Waals surface area (Å²) in [6.07, 6.45) is 0. The van der Waals surface area contributed by atoms with Crippen molar-refractivity contribution in [1.82, 2.24) is 9.62 Å². The minimum Gasteiger partial charge on any atom is -0.312 e. The number of halogens is 2. The summed E-state index contributed by atoms with van der Waals surface area (Å²) < 4.78 is 39.2. The van der Waals surface area contributed by atoms with Crippen LogP contribution in [-0.2, 0) is 10.0 Å². The molecular formula is C11H14ClFN2O2S. The molecule has 18 heavy (non-hydrogen) atoms. The molecule has 0 saturated carbocycles. The molecule has 0 radical (unpaired) electrons. The molecule has 1 aromatic carbocycles.